The zero-order valence-electron chi connectivity index (χ0n) is 16.1. The molecular weight excluding hydrogens is 499 g/mol. The lowest BCUT2D eigenvalue weighted by Crippen LogP contribution is -2.55. The van der Waals surface area contributed by atoms with E-state index in [4.69, 9.17) is 21.1 Å². The fourth-order valence-electron chi connectivity index (χ4n) is 3.54. The second-order valence-corrected chi connectivity index (χ2v) is 8.67. The quantitative estimate of drug-likeness (QED) is 0.362. The molecule has 0 aliphatic carbocycles. The number of nitrogens with zero attached hydrogens (tertiary/aromatic N) is 3. The number of thiophene rings is 1. The molecule has 0 bridgehead atoms. The average Bonchev–Trinajstić information content (AvgIpc) is 3.09. The molecule has 154 valence electrons. The average molecular weight is 529 g/mol. The molecule has 2 aliphatic heterocycles. The van der Waals surface area contributed by atoms with Gasteiger partial charge in [-0.05, 0) is 12.1 Å². The fourth-order valence-corrected chi connectivity index (χ4v) is 4.67. The first-order valence-corrected chi connectivity index (χ1v) is 10.4. The van der Waals surface area contributed by atoms with Gasteiger partial charge in [0.25, 0.3) is 0 Å². The van der Waals surface area contributed by atoms with Crippen LogP contribution in [0.25, 0.3) is 0 Å². The van der Waals surface area contributed by atoms with Crippen LogP contribution < -0.4 is 5.32 Å². The number of hydrogen-bond acceptors (Lipinski definition) is 5. The largest absolute Gasteiger partial charge is 0.381 e. The highest BCUT2D eigenvalue weighted by Crippen LogP contribution is 2.24. The van der Waals surface area contributed by atoms with E-state index in [9.17, 15) is 0 Å². The van der Waals surface area contributed by atoms with Gasteiger partial charge in [-0.1, -0.05) is 11.6 Å². The summed E-state index contributed by atoms with van der Waals surface area (Å²) in [5.41, 5.74) is -0.144. The number of halogens is 2. The highest BCUT2D eigenvalue weighted by Gasteiger charge is 2.33. The number of piperazine rings is 1. The molecule has 1 aromatic heterocycles. The van der Waals surface area contributed by atoms with Crippen LogP contribution in [0.2, 0.25) is 4.34 Å². The van der Waals surface area contributed by atoms with Gasteiger partial charge in [0.1, 0.15) is 0 Å². The van der Waals surface area contributed by atoms with Gasteiger partial charge in [-0.25, -0.2) is 0 Å². The molecule has 0 aromatic carbocycles. The maximum atomic E-state index is 6.03. The minimum absolute atomic E-state index is 0. The standard InChI is InChI=1S/C18H29ClN4O2S.HI/c1-20-17(21-14-18(24-2)5-11-25-12-6-18)23-9-7-22(8-10-23)13-15-3-4-16(19)26-15;/h3-4H,5-14H2,1-2H3,(H,20,21);1H. The van der Waals surface area contributed by atoms with E-state index >= 15 is 0 Å². The van der Waals surface area contributed by atoms with Gasteiger partial charge in [0.05, 0.1) is 9.94 Å². The van der Waals surface area contributed by atoms with Gasteiger partial charge in [-0.15, -0.1) is 35.3 Å². The van der Waals surface area contributed by atoms with Gasteiger partial charge in [0.2, 0.25) is 0 Å². The van der Waals surface area contributed by atoms with Crippen molar-refractivity contribution in [1.29, 1.82) is 0 Å². The highest BCUT2D eigenvalue weighted by molar-refractivity contribution is 14.0. The third-order valence-electron chi connectivity index (χ3n) is 5.30. The molecule has 0 unspecified atom stereocenters. The van der Waals surface area contributed by atoms with Crippen LogP contribution in [-0.2, 0) is 16.0 Å². The van der Waals surface area contributed by atoms with E-state index in [1.165, 1.54) is 4.88 Å². The smallest absolute Gasteiger partial charge is 0.193 e. The molecule has 0 spiro atoms. The van der Waals surface area contributed by atoms with Crippen LogP contribution >= 0.6 is 46.9 Å². The summed E-state index contributed by atoms with van der Waals surface area (Å²) < 4.78 is 12.2. The Morgan fingerprint density at radius 1 is 1.30 bits per heavy atom. The highest BCUT2D eigenvalue weighted by atomic mass is 127. The normalized spacial score (nSPS) is 21.0. The summed E-state index contributed by atoms with van der Waals surface area (Å²) in [5, 5.41) is 3.53. The van der Waals surface area contributed by atoms with Crippen molar-refractivity contribution in [3.05, 3.63) is 21.3 Å². The molecule has 6 nitrogen and oxygen atoms in total. The topological polar surface area (TPSA) is 49.3 Å². The molecule has 1 N–H and O–H groups in total. The second-order valence-electron chi connectivity index (χ2n) is 6.87. The van der Waals surface area contributed by atoms with E-state index in [0.717, 1.165) is 75.6 Å². The monoisotopic (exact) mass is 528 g/mol. The lowest BCUT2D eigenvalue weighted by Gasteiger charge is -2.39. The Balaban J connectivity index is 0.00000261. The first kappa shape index (κ1) is 23.2. The molecule has 0 atom stereocenters. The van der Waals surface area contributed by atoms with Crippen molar-refractivity contribution in [2.24, 2.45) is 4.99 Å². The number of nitrogens with one attached hydrogen (secondary N) is 1. The van der Waals surface area contributed by atoms with Gasteiger partial charge in [0, 0.05) is 84.4 Å². The Morgan fingerprint density at radius 2 is 2.00 bits per heavy atom. The van der Waals surface area contributed by atoms with Crippen LogP contribution in [0, 0.1) is 0 Å². The number of guanidine groups is 1. The Morgan fingerprint density at radius 3 is 2.56 bits per heavy atom. The summed E-state index contributed by atoms with van der Waals surface area (Å²) in [6.07, 6.45) is 1.84. The number of ether oxygens (including phenoxy) is 2. The molecular formula is C18H30ClIN4O2S. The predicted octanol–water partition coefficient (Wildman–Crippen LogP) is 2.91. The van der Waals surface area contributed by atoms with E-state index < -0.39 is 0 Å². The van der Waals surface area contributed by atoms with Crippen molar-refractivity contribution in [1.82, 2.24) is 15.1 Å². The van der Waals surface area contributed by atoms with E-state index in [1.807, 2.05) is 13.1 Å². The van der Waals surface area contributed by atoms with Crippen LogP contribution in [0.5, 0.6) is 0 Å². The predicted molar refractivity (Wildman–Crippen MR) is 123 cm³/mol. The molecule has 27 heavy (non-hydrogen) atoms. The molecule has 2 saturated heterocycles. The fraction of sp³-hybridized carbons (Fsp3) is 0.722. The first-order chi connectivity index (χ1) is 12.6. The molecule has 0 radical (unpaired) electrons. The van der Waals surface area contributed by atoms with Crippen molar-refractivity contribution in [3.8, 4) is 0 Å². The minimum atomic E-state index is -0.144. The molecule has 9 heteroatoms. The van der Waals surface area contributed by atoms with Crippen LogP contribution in [0.3, 0.4) is 0 Å². The first-order valence-electron chi connectivity index (χ1n) is 9.19. The summed E-state index contributed by atoms with van der Waals surface area (Å²) in [4.78, 5) is 10.6. The number of rotatable bonds is 5. The Hall–Kier alpha value is -0.130. The summed E-state index contributed by atoms with van der Waals surface area (Å²) in [5.74, 6) is 0.965. The van der Waals surface area contributed by atoms with Gasteiger partial charge >= 0.3 is 0 Å². The zero-order chi connectivity index (χ0) is 18.4. The maximum Gasteiger partial charge on any atom is 0.193 e. The third kappa shape index (κ3) is 6.43. The molecule has 0 saturated carbocycles. The lowest BCUT2D eigenvalue weighted by atomic mass is 9.94. The number of hydrogen-bond donors (Lipinski definition) is 1. The lowest BCUT2D eigenvalue weighted by molar-refractivity contribution is -0.0858. The summed E-state index contributed by atoms with van der Waals surface area (Å²) in [6, 6.07) is 4.10. The number of aliphatic imine (C=N–C) groups is 1. The maximum absolute atomic E-state index is 6.03. The minimum Gasteiger partial charge on any atom is -0.381 e. The van der Waals surface area contributed by atoms with E-state index in [2.05, 4.69) is 26.2 Å². The van der Waals surface area contributed by atoms with Crippen LogP contribution in [-0.4, -0.2) is 81.5 Å². The third-order valence-corrected chi connectivity index (χ3v) is 6.51. The molecule has 0 amide bonds. The van der Waals surface area contributed by atoms with Crippen molar-refractivity contribution in [2.75, 3.05) is 60.1 Å². The van der Waals surface area contributed by atoms with E-state index in [0.29, 0.717) is 0 Å². The van der Waals surface area contributed by atoms with Crippen molar-refractivity contribution >= 4 is 52.9 Å². The van der Waals surface area contributed by atoms with Gasteiger partial charge in [-0.3, -0.25) is 9.89 Å². The van der Waals surface area contributed by atoms with Gasteiger partial charge in [0.15, 0.2) is 5.96 Å². The Kier molecular flexibility index (Phi) is 9.57. The van der Waals surface area contributed by atoms with E-state index in [-0.39, 0.29) is 29.6 Å². The van der Waals surface area contributed by atoms with Crippen LogP contribution in [0.1, 0.15) is 17.7 Å². The molecule has 2 aliphatic rings. The second kappa shape index (κ2) is 11.2. The van der Waals surface area contributed by atoms with Crippen molar-refractivity contribution < 1.29 is 9.47 Å². The van der Waals surface area contributed by atoms with Gasteiger partial charge < -0.3 is 19.7 Å². The SMILES string of the molecule is CN=C(NCC1(OC)CCOCC1)N1CCN(Cc2ccc(Cl)s2)CC1.I. The van der Waals surface area contributed by atoms with Crippen molar-refractivity contribution in [2.45, 2.75) is 25.0 Å². The zero-order valence-corrected chi connectivity index (χ0v) is 20.0. The summed E-state index contributed by atoms with van der Waals surface area (Å²) >= 11 is 7.70. The Labute approximate surface area is 188 Å². The molecule has 2 fully saturated rings. The molecule has 1 aromatic rings. The van der Waals surface area contributed by atoms with Crippen LogP contribution in [0.15, 0.2) is 17.1 Å². The van der Waals surface area contributed by atoms with Crippen molar-refractivity contribution in [3.63, 3.8) is 0 Å². The molecule has 3 heterocycles. The molecule has 3 rings (SSSR count). The Bertz CT molecular complexity index is 602. The summed E-state index contributed by atoms with van der Waals surface area (Å²) in [7, 11) is 3.65. The van der Waals surface area contributed by atoms with Gasteiger partial charge in [-0.2, -0.15) is 0 Å². The van der Waals surface area contributed by atoms with E-state index in [1.54, 1.807) is 18.4 Å². The van der Waals surface area contributed by atoms with Crippen LogP contribution in [0.4, 0.5) is 0 Å². The summed E-state index contributed by atoms with van der Waals surface area (Å²) in [6.45, 7) is 7.28. The number of methoxy groups -OCH3 is 1.